The van der Waals surface area contributed by atoms with E-state index in [1.165, 1.54) is 0 Å². The predicted molar refractivity (Wildman–Crippen MR) is 69.4 cm³/mol. The van der Waals surface area contributed by atoms with E-state index in [9.17, 15) is 9.90 Å². The number of aliphatic hydroxyl groups is 1. The molecule has 17 heavy (non-hydrogen) atoms. The highest BCUT2D eigenvalue weighted by atomic mass is 35.5. The van der Waals surface area contributed by atoms with Crippen LogP contribution < -0.4 is 0 Å². The highest BCUT2D eigenvalue weighted by Crippen LogP contribution is 2.16. The lowest BCUT2D eigenvalue weighted by Gasteiger charge is -2.18. The van der Waals surface area contributed by atoms with E-state index < -0.39 is 6.10 Å². The fraction of sp³-hybridized carbons (Fsp3) is 0.462. The van der Waals surface area contributed by atoms with Crippen molar-refractivity contribution in [3.8, 4) is 0 Å². The summed E-state index contributed by atoms with van der Waals surface area (Å²) in [6.45, 7) is 4.14. The Morgan fingerprint density at radius 1 is 1.47 bits per heavy atom. The van der Waals surface area contributed by atoms with Gasteiger partial charge in [-0.1, -0.05) is 11.6 Å². The maximum absolute atomic E-state index is 12.0. The molecule has 1 N–H and O–H groups in total. The van der Waals surface area contributed by atoms with Gasteiger partial charge in [-0.25, -0.2) is 0 Å². The molecule has 4 heteroatoms. The third-order valence-electron chi connectivity index (χ3n) is 2.52. The maximum Gasteiger partial charge on any atom is 0.253 e. The van der Waals surface area contributed by atoms with Crippen LogP contribution >= 0.6 is 11.6 Å². The van der Waals surface area contributed by atoms with Crippen molar-refractivity contribution < 1.29 is 9.90 Å². The monoisotopic (exact) mass is 255 g/mol. The van der Waals surface area contributed by atoms with Crippen LogP contribution in [0.15, 0.2) is 18.2 Å². The number of hydrogen-bond donors (Lipinski definition) is 1. The van der Waals surface area contributed by atoms with Gasteiger partial charge in [-0.2, -0.15) is 0 Å². The van der Waals surface area contributed by atoms with Gasteiger partial charge >= 0.3 is 0 Å². The van der Waals surface area contributed by atoms with E-state index in [-0.39, 0.29) is 5.91 Å². The summed E-state index contributed by atoms with van der Waals surface area (Å²) >= 11 is 5.92. The summed E-state index contributed by atoms with van der Waals surface area (Å²) in [6.07, 6.45) is 0.174. The minimum Gasteiger partial charge on any atom is -0.393 e. The molecule has 1 rings (SSSR count). The fourth-order valence-corrected chi connectivity index (χ4v) is 1.85. The summed E-state index contributed by atoms with van der Waals surface area (Å²) in [6, 6.07) is 5.29. The Labute approximate surface area is 107 Å². The first kappa shape index (κ1) is 14.0. The highest BCUT2D eigenvalue weighted by molar-refractivity contribution is 6.31. The van der Waals surface area contributed by atoms with E-state index in [2.05, 4.69) is 0 Å². The number of carbonyl (C=O) groups excluding carboxylic acids is 1. The van der Waals surface area contributed by atoms with Gasteiger partial charge in [0.1, 0.15) is 0 Å². The molecule has 0 fully saturated rings. The summed E-state index contributed by atoms with van der Waals surface area (Å²) in [4.78, 5) is 13.6. The van der Waals surface area contributed by atoms with Crippen LogP contribution in [0.3, 0.4) is 0 Å². The van der Waals surface area contributed by atoms with Gasteiger partial charge in [0.05, 0.1) is 6.10 Å². The van der Waals surface area contributed by atoms with Crippen LogP contribution in [-0.2, 0) is 0 Å². The van der Waals surface area contributed by atoms with E-state index in [4.69, 9.17) is 11.6 Å². The molecule has 0 aliphatic carbocycles. The van der Waals surface area contributed by atoms with Crippen molar-refractivity contribution in [2.24, 2.45) is 0 Å². The molecule has 0 saturated carbocycles. The summed E-state index contributed by atoms with van der Waals surface area (Å²) in [5, 5.41) is 9.75. The molecule has 0 aliphatic rings. The molecule has 0 radical (unpaired) electrons. The Morgan fingerprint density at radius 2 is 2.12 bits per heavy atom. The largest absolute Gasteiger partial charge is 0.393 e. The SMILES string of the molecule is Cc1cc(Cl)cc(C(=O)N(C)CCC(C)O)c1. The standard InChI is InChI=1S/C13H18ClNO2/c1-9-6-11(8-12(14)7-9)13(17)15(3)5-4-10(2)16/h6-8,10,16H,4-5H2,1-3H3. The highest BCUT2D eigenvalue weighted by Gasteiger charge is 2.13. The average molecular weight is 256 g/mol. The van der Waals surface area contributed by atoms with Crippen LogP contribution in [0, 0.1) is 6.92 Å². The second kappa shape index (κ2) is 6.03. The van der Waals surface area contributed by atoms with Gasteiger partial charge in [-0.05, 0) is 44.0 Å². The summed E-state index contributed by atoms with van der Waals surface area (Å²) in [5.41, 5.74) is 1.55. The number of nitrogens with zero attached hydrogens (tertiary/aromatic N) is 1. The lowest BCUT2D eigenvalue weighted by atomic mass is 10.1. The molecule has 0 aromatic heterocycles. The molecule has 94 valence electrons. The number of halogens is 1. The molecular weight excluding hydrogens is 238 g/mol. The molecule has 1 aromatic carbocycles. The molecule has 0 spiro atoms. The molecule has 3 nitrogen and oxygen atoms in total. The second-order valence-electron chi connectivity index (χ2n) is 4.38. The van der Waals surface area contributed by atoms with Crippen LogP contribution in [0.1, 0.15) is 29.3 Å². The van der Waals surface area contributed by atoms with Crippen molar-refractivity contribution >= 4 is 17.5 Å². The molecule has 1 unspecified atom stereocenters. The van der Waals surface area contributed by atoms with Crippen LogP contribution in [0.5, 0.6) is 0 Å². The number of amides is 1. The quantitative estimate of drug-likeness (QED) is 0.898. The lowest BCUT2D eigenvalue weighted by molar-refractivity contribution is 0.0769. The molecule has 1 atom stereocenters. The smallest absolute Gasteiger partial charge is 0.253 e. The lowest BCUT2D eigenvalue weighted by Crippen LogP contribution is -2.29. The summed E-state index contributed by atoms with van der Waals surface area (Å²) < 4.78 is 0. The van der Waals surface area contributed by atoms with Gasteiger partial charge in [0.2, 0.25) is 0 Å². The van der Waals surface area contributed by atoms with Crippen molar-refractivity contribution in [1.29, 1.82) is 0 Å². The molecule has 1 amide bonds. The normalized spacial score (nSPS) is 12.3. The Bertz CT molecular complexity index is 384. The van der Waals surface area contributed by atoms with Crippen LogP contribution in [0.4, 0.5) is 0 Å². The number of carbonyl (C=O) groups is 1. The van der Waals surface area contributed by atoms with Crippen LogP contribution in [-0.4, -0.2) is 35.6 Å². The van der Waals surface area contributed by atoms with Crippen molar-refractivity contribution in [2.45, 2.75) is 26.4 Å². The van der Waals surface area contributed by atoms with Crippen molar-refractivity contribution in [3.05, 3.63) is 34.3 Å². The van der Waals surface area contributed by atoms with E-state index in [1.54, 1.807) is 24.9 Å². The van der Waals surface area contributed by atoms with Gasteiger partial charge in [0, 0.05) is 24.2 Å². The van der Waals surface area contributed by atoms with Gasteiger partial charge in [-0.15, -0.1) is 0 Å². The zero-order valence-corrected chi connectivity index (χ0v) is 11.2. The predicted octanol–water partition coefficient (Wildman–Crippen LogP) is 2.49. The molecule has 0 bridgehead atoms. The Balaban J connectivity index is 2.74. The molecule has 0 aliphatic heterocycles. The van der Waals surface area contributed by atoms with Gasteiger partial charge in [0.25, 0.3) is 5.91 Å². The molecule has 0 heterocycles. The van der Waals surface area contributed by atoms with E-state index in [1.807, 2.05) is 19.1 Å². The van der Waals surface area contributed by atoms with E-state index in [0.717, 1.165) is 5.56 Å². The first-order valence-corrected chi connectivity index (χ1v) is 5.98. The first-order valence-electron chi connectivity index (χ1n) is 5.61. The van der Waals surface area contributed by atoms with Crippen LogP contribution in [0.2, 0.25) is 5.02 Å². The van der Waals surface area contributed by atoms with Crippen molar-refractivity contribution in [1.82, 2.24) is 4.90 Å². The number of rotatable bonds is 4. The maximum atomic E-state index is 12.0. The second-order valence-corrected chi connectivity index (χ2v) is 4.82. The average Bonchev–Trinajstić information content (AvgIpc) is 2.23. The van der Waals surface area contributed by atoms with E-state index >= 15 is 0 Å². The Morgan fingerprint density at radius 3 is 2.65 bits per heavy atom. The number of aryl methyl sites for hydroxylation is 1. The van der Waals surface area contributed by atoms with Crippen molar-refractivity contribution in [2.75, 3.05) is 13.6 Å². The third kappa shape index (κ3) is 4.36. The summed E-state index contributed by atoms with van der Waals surface area (Å²) in [7, 11) is 1.72. The van der Waals surface area contributed by atoms with Crippen LogP contribution in [0.25, 0.3) is 0 Å². The van der Waals surface area contributed by atoms with E-state index in [0.29, 0.717) is 23.6 Å². The fourth-order valence-electron chi connectivity index (χ4n) is 1.56. The Hall–Kier alpha value is -1.06. The van der Waals surface area contributed by atoms with Gasteiger partial charge in [-0.3, -0.25) is 4.79 Å². The van der Waals surface area contributed by atoms with Gasteiger partial charge in [0.15, 0.2) is 0 Å². The van der Waals surface area contributed by atoms with Crippen molar-refractivity contribution in [3.63, 3.8) is 0 Å². The topological polar surface area (TPSA) is 40.5 Å². The molecular formula is C13H18ClNO2. The first-order chi connectivity index (χ1) is 7.90. The molecule has 0 saturated heterocycles. The Kier molecular flexibility index (Phi) is 4.97. The minimum absolute atomic E-state index is 0.0729. The summed E-state index contributed by atoms with van der Waals surface area (Å²) in [5.74, 6) is -0.0729. The number of benzene rings is 1. The molecule has 1 aromatic rings. The van der Waals surface area contributed by atoms with Gasteiger partial charge < -0.3 is 10.0 Å². The third-order valence-corrected chi connectivity index (χ3v) is 2.74. The zero-order chi connectivity index (χ0) is 13.0. The minimum atomic E-state index is -0.397. The number of aliphatic hydroxyl groups excluding tert-OH is 1. The zero-order valence-electron chi connectivity index (χ0n) is 10.4. The number of hydrogen-bond acceptors (Lipinski definition) is 2.